The van der Waals surface area contributed by atoms with Crippen LogP contribution in [0.15, 0.2) is 83.9 Å². The Hall–Kier alpha value is -3.82. The lowest BCUT2D eigenvalue weighted by atomic mass is 10.2. The van der Waals surface area contributed by atoms with E-state index in [1.807, 2.05) is 4.57 Å². The molecular weight excluding hydrogens is 466 g/mol. The number of hydrogen-bond donors (Lipinski definition) is 2. The van der Waals surface area contributed by atoms with E-state index in [1.54, 1.807) is 48.7 Å². The fourth-order valence-corrected chi connectivity index (χ4v) is 5.22. The summed E-state index contributed by atoms with van der Waals surface area (Å²) in [7, 11) is -4.19. The van der Waals surface area contributed by atoms with Gasteiger partial charge in [-0.15, -0.1) is 0 Å². The average molecular weight is 484 g/mol. The number of hydrogen-bond acceptors (Lipinski definition) is 4. The molecule has 33 heavy (non-hydrogen) atoms. The van der Waals surface area contributed by atoms with Crippen LogP contribution in [0.3, 0.4) is 0 Å². The first-order valence-electron chi connectivity index (χ1n) is 9.68. The van der Waals surface area contributed by atoms with E-state index >= 15 is 0 Å². The lowest BCUT2D eigenvalue weighted by Crippen LogP contribution is -2.35. The van der Waals surface area contributed by atoms with Crippen molar-refractivity contribution in [2.24, 2.45) is 5.73 Å². The molecule has 3 N–H and O–H groups in total. The number of aliphatic carboxylic acids is 1. The second-order valence-electron chi connectivity index (χ2n) is 7.21. The van der Waals surface area contributed by atoms with Crippen molar-refractivity contribution in [3.8, 4) is 5.69 Å². The number of nitrogens with two attached hydrogens (primary N) is 1. The Labute approximate surface area is 194 Å². The fraction of sp³-hybridized carbons (Fsp3) is 0.0435. The molecule has 0 aliphatic heterocycles. The summed E-state index contributed by atoms with van der Waals surface area (Å²) in [5.74, 6) is -1.85. The van der Waals surface area contributed by atoms with Crippen LogP contribution in [0.25, 0.3) is 16.6 Å². The van der Waals surface area contributed by atoms with E-state index in [4.69, 9.17) is 17.3 Å². The number of carboxylic acid groups (broad SMARTS) is 1. The number of rotatable bonds is 7. The van der Waals surface area contributed by atoms with Crippen molar-refractivity contribution in [3.05, 3.63) is 89.6 Å². The molecule has 3 aromatic carbocycles. The van der Waals surface area contributed by atoms with Gasteiger partial charge in [0.25, 0.3) is 10.0 Å². The number of benzene rings is 3. The molecule has 4 aromatic rings. The van der Waals surface area contributed by atoms with Gasteiger partial charge in [0.2, 0.25) is 5.91 Å². The number of nitrogens with zero attached hydrogens (tertiary/aromatic N) is 2. The zero-order valence-corrected chi connectivity index (χ0v) is 18.6. The van der Waals surface area contributed by atoms with Gasteiger partial charge in [-0.05, 0) is 60.7 Å². The molecular formula is C23H18ClN3O5S. The highest BCUT2D eigenvalue weighted by Crippen LogP contribution is 2.30. The van der Waals surface area contributed by atoms with Crippen LogP contribution >= 0.6 is 11.6 Å². The minimum Gasteiger partial charge on any atom is -0.480 e. The van der Waals surface area contributed by atoms with E-state index in [2.05, 4.69) is 0 Å². The number of carbonyl (C=O) groups is 2. The number of sulfonamides is 1. The standard InChI is InChI=1S/C23H18ClN3O5S/c24-17-4-2-6-20(13-17)33(31,32)27(14-22(28)29)19-7-8-21-15(11-19)9-10-26(21)18-5-1-3-16(12-18)23(25)30/h1-13H,14H2,(H2,25,30)(H,28,29). The molecule has 1 heterocycles. The molecule has 168 valence electrons. The summed E-state index contributed by atoms with van der Waals surface area (Å²) in [5.41, 5.74) is 7.34. The maximum atomic E-state index is 13.2. The Kier molecular flexibility index (Phi) is 5.84. The van der Waals surface area contributed by atoms with Gasteiger partial charge < -0.3 is 15.4 Å². The van der Waals surface area contributed by atoms with Crippen LogP contribution in [0.2, 0.25) is 5.02 Å². The van der Waals surface area contributed by atoms with Gasteiger partial charge >= 0.3 is 5.97 Å². The first-order valence-corrected chi connectivity index (χ1v) is 11.5. The first kappa shape index (κ1) is 22.4. The van der Waals surface area contributed by atoms with E-state index < -0.39 is 28.4 Å². The minimum atomic E-state index is -4.19. The van der Waals surface area contributed by atoms with Gasteiger partial charge in [0.1, 0.15) is 6.54 Å². The van der Waals surface area contributed by atoms with E-state index in [9.17, 15) is 23.1 Å². The number of amides is 1. The summed E-state index contributed by atoms with van der Waals surface area (Å²) < 4.78 is 29.1. The van der Waals surface area contributed by atoms with Gasteiger partial charge in [-0.25, -0.2) is 8.42 Å². The molecule has 0 aliphatic rings. The second kappa shape index (κ2) is 8.61. The lowest BCUT2D eigenvalue weighted by molar-refractivity contribution is -0.135. The van der Waals surface area contributed by atoms with Crippen molar-refractivity contribution in [2.45, 2.75) is 4.90 Å². The monoisotopic (exact) mass is 483 g/mol. The molecule has 0 unspecified atom stereocenters. The molecule has 10 heteroatoms. The van der Waals surface area contributed by atoms with Crippen molar-refractivity contribution in [1.82, 2.24) is 4.57 Å². The predicted octanol–water partition coefficient (Wildman–Crippen LogP) is 3.66. The molecule has 1 aromatic heterocycles. The summed E-state index contributed by atoms with van der Waals surface area (Å²) in [4.78, 5) is 22.9. The van der Waals surface area contributed by atoms with Crippen LogP contribution in [-0.2, 0) is 14.8 Å². The highest BCUT2D eigenvalue weighted by Gasteiger charge is 2.27. The van der Waals surface area contributed by atoms with Crippen molar-refractivity contribution in [1.29, 1.82) is 0 Å². The third-order valence-electron chi connectivity index (χ3n) is 5.03. The Morgan fingerprint density at radius 2 is 1.76 bits per heavy atom. The van der Waals surface area contributed by atoms with Crippen LogP contribution in [0.1, 0.15) is 10.4 Å². The molecule has 8 nitrogen and oxygen atoms in total. The number of primary amides is 1. The Morgan fingerprint density at radius 1 is 1.00 bits per heavy atom. The fourth-order valence-electron chi connectivity index (χ4n) is 3.51. The number of anilines is 1. The summed E-state index contributed by atoms with van der Waals surface area (Å²) in [6, 6.07) is 19.0. The van der Waals surface area contributed by atoms with Gasteiger partial charge in [0, 0.05) is 27.9 Å². The Balaban J connectivity index is 1.80. The lowest BCUT2D eigenvalue weighted by Gasteiger charge is -2.23. The number of aromatic nitrogens is 1. The van der Waals surface area contributed by atoms with Crippen LogP contribution in [-0.4, -0.2) is 36.5 Å². The van der Waals surface area contributed by atoms with Crippen LogP contribution in [0, 0.1) is 0 Å². The van der Waals surface area contributed by atoms with Gasteiger partial charge in [0.05, 0.1) is 16.1 Å². The Bertz CT molecular complexity index is 1500. The zero-order chi connectivity index (χ0) is 23.8. The zero-order valence-electron chi connectivity index (χ0n) is 17.1. The van der Waals surface area contributed by atoms with Crippen LogP contribution in [0.5, 0.6) is 0 Å². The molecule has 0 atom stereocenters. The van der Waals surface area contributed by atoms with E-state index in [1.165, 1.54) is 30.3 Å². The minimum absolute atomic E-state index is 0.114. The van der Waals surface area contributed by atoms with Gasteiger partial charge in [0.15, 0.2) is 0 Å². The molecule has 0 fully saturated rings. The molecule has 1 amide bonds. The topological polar surface area (TPSA) is 123 Å². The smallest absolute Gasteiger partial charge is 0.324 e. The number of carbonyl (C=O) groups excluding carboxylic acids is 1. The summed E-state index contributed by atoms with van der Waals surface area (Å²) in [6.45, 7) is -0.762. The molecule has 4 rings (SSSR count). The van der Waals surface area contributed by atoms with Crippen molar-refractivity contribution >= 4 is 50.1 Å². The molecule has 0 bridgehead atoms. The number of carboxylic acids is 1. The largest absolute Gasteiger partial charge is 0.480 e. The third kappa shape index (κ3) is 4.41. The quantitative estimate of drug-likeness (QED) is 0.415. The SMILES string of the molecule is NC(=O)c1cccc(-n2ccc3cc(N(CC(=O)O)S(=O)(=O)c4cccc(Cl)c4)ccc32)c1. The number of fused-ring (bicyclic) bond motifs is 1. The van der Waals surface area contributed by atoms with E-state index in [0.29, 0.717) is 16.6 Å². The van der Waals surface area contributed by atoms with Crippen molar-refractivity contribution < 1.29 is 23.1 Å². The highest BCUT2D eigenvalue weighted by molar-refractivity contribution is 7.92. The van der Waals surface area contributed by atoms with Gasteiger partial charge in [-0.1, -0.05) is 23.7 Å². The van der Waals surface area contributed by atoms with Crippen LogP contribution < -0.4 is 10.0 Å². The van der Waals surface area contributed by atoms with Crippen molar-refractivity contribution in [2.75, 3.05) is 10.8 Å². The third-order valence-corrected chi connectivity index (χ3v) is 7.04. The molecule has 0 radical (unpaired) electrons. The first-order chi connectivity index (χ1) is 15.7. The predicted molar refractivity (Wildman–Crippen MR) is 125 cm³/mol. The summed E-state index contributed by atoms with van der Waals surface area (Å²) in [6.07, 6.45) is 1.77. The van der Waals surface area contributed by atoms with Gasteiger partial charge in [-0.3, -0.25) is 13.9 Å². The van der Waals surface area contributed by atoms with Crippen LogP contribution in [0.4, 0.5) is 5.69 Å². The molecule has 0 aliphatic carbocycles. The maximum Gasteiger partial charge on any atom is 0.324 e. The van der Waals surface area contributed by atoms with E-state index in [-0.39, 0.29) is 15.6 Å². The second-order valence-corrected chi connectivity index (χ2v) is 9.50. The summed E-state index contributed by atoms with van der Waals surface area (Å²) in [5, 5.41) is 10.3. The molecule has 0 saturated heterocycles. The van der Waals surface area contributed by atoms with Gasteiger partial charge in [-0.2, -0.15) is 0 Å². The van der Waals surface area contributed by atoms with E-state index in [0.717, 1.165) is 9.82 Å². The summed E-state index contributed by atoms with van der Waals surface area (Å²) >= 11 is 5.95. The molecule has 0 saturated carbocycles. The maximum absolute atomic E-state index is 13.2. The molecule has 0 spiro atoms. The normalized spacial score (nSPS) is 11.4. The average Bonchev–Trinajstić information content (AvgIpc) is 3.20. The highest BCUT2D eigenvalue weighted by atomic mass is 35.5. The number of halogens is 1. The van der Waals surface area contributed by atoms with Crippen molar-refractivity contribution in [3.63, 3.8) is 0 Å². The Morgan fingerprint density at radius 3 is 2.45 bits per heavy atom.